The molecule has 0 aliphatic carbocycles. The molecule has 0 aromatic heterocycles. The van der Waals surface area contributed by atoms with Crippen LogP contribution in [0, 0.1) is 0 Å². The predicted octanol–water partition coefficient (Wildman–Crippen LogP) is 5.40. The van der Waals surface area contributed by atoms with Crippen molar-refractivity contribution in [2.45, 2.75) is 58.2 Å². The van der Waals surface area contributed by atoms with Crippen molar-refractivity contribution in [1.29, 1.82) is 0 Å². The molecule has 0 fully saturated rings. The lowest BCUT2D eigenvalue weighted by atomic mass is 10.2. The molecule has 0 N–H and O–H groups in total. The van der Waals surface area contributed by atoms with Gasteiger partial charge in [-0.15, -0.1) is 0 Å². The van der Waals surface area contributed by atoms with Gasteiger partial charge >= 0.3 is 8.56 Å². The smallest absolute Gasteiger partial charge is 0.410 e. The van der Waals surface area contributed by atoms with Crippen LogP contribution in [0.4, 0.5) is 0 Å². The second kappa shape index (κ2) is 4.60. The summed E-state index contributed by atoms with van der Waals surface area (Å²) >= 11 is 3.50. The molecule has 0 atom stereocenters. The van der Waals surface area contributed by atoms with Crippen molar-refractivity contribution in [1.82, 2.24) is 0 Å². The highest BCUT2D eigenvalue weighted by atomic mass is 79.9. The minimum absolute atomic E-state index is 0.0238. The predicted molar refractivity (Wildman–Crippen MR) is 84.7 cm³/mol. The molecule has 2 rings (SSSR count). The average molecular weight is 343 g/mol. The molecular weight excluding hydrogens is 320 g/mol. The quantitative estimate of drug-likeness (QED) is 0.587. The van der Waals surface area contributed by atoms with Crippen LogP contribution in [-0.4, -0.2) is 8.56 Å². The van der Waals surface area contributed by atoms with E-state index in [4.69, 9.17) is 8.85 Å². The summed E-state index contributed by atoms with van der Waals surface area (Å²) in [7, 11) is -2.37. The molecular formula is C15H23BrO2Si. The highest BCUT2D eigenvalue weighted by Crippen LogP contribution is 2.54. The summed E-state index contributed by atoms with van der Waals surface area (Å²) in [5.74, 6) is 0.992. The summed E-state index contributed by atoms with van der Waals surface area (Å²) in [5.41, 5.74) is 1.13. The third-order valence-corrected chi connectivity index (χ3v) is 9.18. The Hall–Kier alpha value is -0.323. The molecule has 1 aromatic rings. The van der Waals surface area contributed by atoms with Gasteiger partial charge < -0.3 is 8.85 Å². The Bertz CT molecular complexity index is 472. The second-order valence-corrected chi connectivity index (χ2v) is 12.9. The summed E-state index contributed by atoms with van der Waals surface area (Å²) < 4.78 is 13.9. The third-order valence-electron chi connectivity index (χ3n) is 3.68. The first-order chi connectivity index (χ1) is 8.57. The molecule has 0 bridgehead atoms. The van der Waals surface area contributed by atoms with Crippen LogP contribution in [0.3, 0.4) is 0 Å². The molecule has 0 saturated carbocycles. The Morgan fingerprint density at radius 1 is 1.05 bits per heavy atom. The number of hydrogen-bond donors (Lipinski definition) is 0. The number of hydrogen-bond acceptors (Lipinski definition) is 2. The van der Waals surface area contributed by atoms with Crippen molar-refractivity contribution in [3.05, 3.63) is 28.2 Å². The topological polar surface area (TPSA) is 18.5 Å². The molecule has 0 unspecified atom stereocenters. The van der Waals surface area contributed by atoms with Gasteiger partial charge in [0.2, 0.25) is 0 Å². The van der Waals surface area contributed by atoms with E-state index in [1.807, 2.05) is 6.07 Å². The van der Waals surface area contributed by atoms with E-state index in [2.05, 4.69) is 69.6 Å². The third kappa shape index (κ3) is 2.50. The first-order valence-corrected chi connectivity index (χ1v) is 9.29. The highest BCUT2D eigenvalue weighted by molar-refractivity contribution is 9.10. The molecule has 1 aliphatic heterocycles. The summed E-state index contributed by atoms with van der Waals surface area (Å²) in [4.78, 5) is 0. The Balaban J connectivity index is 2.49. The second-order valence-electron chi connectivity index (χ2n) is 7.26. The maximum absolute atomic E-state index is 6.50. The van der Waals surface area contributed by atoms with Crippen LogP contribution in [0.5, 0.6) is 5.75 Å². The molecule has 0 spiro atoms. The van der Waals surface area contributed by atoms with Gasteiger partial charge in [0.25, 0.3) is 0 Å². The van der Waals surface area contributed by atoms with E-state index in [0.717, 1.165) is 15.8 Å². The van der Waals surface area contributed by atoms with Crippen LogP contribution in [0.25, 0.3) is 0 Å². The van der Waals surface area contributed by atoms with Gasteiger partial charge in [0.15, 0.2) is 0 Å². The molecule has 1 aromatic carbocycles. The molecule has 2 nitrogen and oxygen atoms in total. The maximum atomic E-state index is 6.50. The van der Waals surface area contributed by atoms with Crippen LogP contribution < -0.4 is 4.43 Å². The van der Waals surface area contributed by atoms with Crippen molar-refractivity contribution in [3.63, 3.8) is 0 Å². The first kappa shape index (κ1) is 15.1. The maximum Gasteiger partial charge on any atom is 0.410 e. The lowest BCUT2D eigenvalue weighted by Crippen LogP contribution is -2.61. The van der Waals surface area contributed by atoms with E-state index in [1.165, 1.54) is 0 Å². The van der Waals surface area contributed by atoms with E-state index in [-0.39, 0.29) is 10.1 Å². The van der Waals surface area contributed by atoms with Crippen LogP contribution in [0.15, 0.2) is 22.7 Å². The van der Waals surface area contributed by atoms with Crippen LogP contribution in [0.2, 0.25) is 10.1 Å². The molecule has 1 heterocycles. The van der Waals surface area contributed by atoms with Gasteiger partial charge in [-0.3, -0.25) is 0 Å². The molecule has 1 aliphatic rings. The van der Waals surface area contributed by atoms with Gasteiger partial charge in [-0.25, -0.2) is 0 Å². The largest absolute Gasteiger partial charge is 0.519 e. The van der Waals surface area contributed by atoms with Crippen LogP contribution in [0.1, 0.15) is 47.1 Å². The normalized spacial score (nSPS) is 18.7. The molecule has 19 heavy (non-hydrogen) atoms. The van der Waals surface area contributed by atoms with Gasteiger partial charge in [-0.05, 0) is 18.2 Å². The fourth-order valence-electron chi connectivity index (χ4n) is 2.99. The van der Waals surface area contributed by atoms with Crippen LogP contribution in [-0.2, 0) is 11.0 Å². The average Bonchev–Trinajstić information content (AvgIpc) is 2.25. The van der Waals surface area contributed by atoms with Crippen molar-refractivity contribution in [3.8, 4) is 5.75 Å². The van der Waals surface area contributed by atoms with Gasteiger partial charge in [0.05, 0.1) is 6.61 Å². The van der Waals surface area contributed by atoms with Gasteiger partial charge in [-0.1, -0.05) is 57.5 Å². The minimum Gasteiger partial charge on any atom is -0.519 e. The monoisotopic (exact) mass is 342 g/mol. The highest BCUT2D eigenvalue weighted by Gasteiger charge is 2.61. The molecule has 0 amide bonds. The first-order valence-electron chi connectivity index (χ1n) is 6.68. The zero-order valence-electron chi connectivity index (χ0n) is 12.6. The van der Waals surface area contributed by atoms with Gasteiger partial charge in [0, 0.05) is 20.1 Å². The van der Waals surface area contributed by atoms with E-state index >= 15 is 0 Å². The van der Waals surface area contributed by atoms with Crippen molar-refractivity contribution < 1.29 is 8.85 Å². The number of fused-ring (bicyclic) bond motifs is 1. The Labute approximate surface area is 125 Å². The summed E-state index contributed by atoms with van der Waals surface area (Å²) in [6, 6.07) is 6.18. The molecule has 4 heteroatoms. The van der Waals surface area contributed by atoms with Gasteiger partial charge in [0.1, 0.15) is 5.75 Å². The van der Waals surface area contributed by atoms with E-state index in [0.29, 0.717) is 6.61 Å². The number of benzene rings is 1. The minimum atomic E-state index is -2.37. The molecule has 106 valence electrons. The SMILES string of the molecule is CC(C)(C)[Si]1(C(C)(C)C)OCc2cc(Br)ccc2O1. The number of rotatable bonds is 0. The van der Waals surface area contributed by atoms with E-state index in [9.17, 15) is 0 Å². The van der Waals surface area contributed by atoms with Crippen LogP contribution >= 0.6 is 15.9 Å². The summed E-state index contributed by atoms with van der Waals surface area (Å²) in [5, 5.41) is 0.0476. The van der Waals surface area contributed by atoms with Crippen molar-refractivity contribution >= 4 is 24.5 Å². The zero-order chi connectivity index (χ0) is 14.5. The summed E-state index contributed by atoms with van der Waals surface area (Å²) in [6.07, 6.45) is 0. The summed E-state index contributed by atoms with van der Waals surface area (Å²) in [6.45, 7) is 14.0. The fraction of sp³-hybridized carbons (Fsp3) is 0.600. The lowest BCUT2D eigenvalue weighted by molar-refractivity contribution is 0.156. The van der Waals surface area contributed by atoms with Crippen molar-refractivity contribution in [2.24, 2.45) is 0 Å². The van der Waals surface area contributed by atoms with E-state index in [1.54, 1.807) is 0 Å². The Kier molecular flexibility index (Phi) is 3.65. The standard InChI is InChI=1S/C15H23BrO2Si/c1-14(2,3)19(15(4,5)6)17-10-11-9-12(16)7-8-13(11)18-19/h7-9H,10H2,1-6H3. The Morgan fingerprint density at radius 2 is 1.63 bits per heavy atom. The molecule has 0 radical (unpaired) electrons. The fourth-order valence-corrected chi connectivity index (χ4v) is 8.05. The van der Waals surface area contributed by atoms with E-state index < -0.39 is 8.56 Å². The number of halogens is 1. The zero-order valence-corrected chi connectivity index (χ0v) is 15.2. The molecule has 0 saturated heterocycles. The Morgan fingerprint density at radius 3 is 2.16 bits per heavy atom. The lowest BCUT2D eigenvalue weighted by Gasteiger charge is -2.50. The van der Waals surface area contributed by atoms with Gasteiger partial charge in [-0.2, -0.15) is 0 Å². The van der Waals surface area contributed by atoms with Crippen molar-refractivity contribution in [2.75, 3.05) is 0 Å².